The second-order valence-corrected chi connectivity index (χ2v) is 7.65. The van der Waals surface area contributed by atoms with Crippen LogP contribution in [0.1, 0.15) is 27.1 Å². The summed E-state index contributed by atoms with van der Waals surface area (Å²) in [7, 11) is 0. The highest BCUT2D eigenvalue weighted by molar-refractivity contribution is 14.1. The predicted molar refractivity (Wildman–Crippen MR) is 120 cm³/mol. The number of carbonyl (C=O) groups is 3. The number of rotatable bonds is 7. The summed E-state index contributed by atoms with van der Waals surface area (Å²) in [5.74, 6) is -1.65. The SMILES string of the molecule is C=CC(=O)N[C@H]1CCN(c2nc(Nc3ccc(C(=O)I)cc3)c(C(N)=O)cc2F)C1. The van der Waals surface area contributed by atoms with Gasteiger partial charge in [0, 0.05) is 53.0 Å². The molecule has 0 spiro atoms. The lowest BCUT2D eigenvalue weighted by Crippen LogP contribution is -2.36. The van der Waals surface area contributed by atoms with Crippen molar-refractivity contribution in [3.63, 3.8) is 0 Å². The Morgan fingerprint density at radius 2 is 2.00 bits per heavy atom. The minimum absolute atomic E-state index is 0.0527. The summed E-state index contributed by atoms with van der Waals surface area (Å²) < 4.78 is 14.6. The van der Waals surface area contributed by atoms with Crippen molar-refractivity contribution in [1.82, 2.24) is 10.3 Å². The number of carbonyl (C=O) groups excluding carboxylic acids is 3. The fraction of sp³-hybridized carbons (Fsp3) is 0.200. The van der Waals surface area contributed by atoms with Crippen LogP contribution in [-0.4, -0.2) is 39.7 Å². The highest BCUT2D eigenvalue weighted by atomic mass is 127. The second kappa shape index (κ2) is 9.20. The number of halogens is 2. The Bertz CT molecular complexity index is 1010. The molecule has 1 aliphatic rings. The highest BCUT2D eigenvalue weighted by Gasteiger charge is 2.28. The summed E-state index contributed by atoms with van der Waals surface area (Å²) >= 11 is 1.69. The number of nitrogens with zero attached hydrogens (tertiary/aromatic N) is 2. The Balaban J connectivity index is 1.87. The molecule has 1 atom stereocenters. The number of pyridine rings is 1. The van der Waals surface area contributed by atoms with E-state index in [0.29, 0.717) is 30.8 Å². The molecule has 0 bridgehead atoms. The fourth-order valence-electron chi connectivity index (χ4n) is 3.14. The van der Waals surface area contributed by atoms with Gasteiger partial charge in [-0.3, -0.25) is 14.4 Å². The summed E-state index contributed by atoms with van der Waals surface area (Å²) in [5, 5.41) is 5.74. The number of anilines is 3. The van der Waals surface area contributed by atoms with Crippen LogP contribution < -0.4 is 21.3 Å². The standard InChI is InChI=1S/C20H19FIN5O3/c1-2-16(28)24-13-7-8-27(10-13)20-15(21)9-14(18(23)30)19(26-20)25-12-5-3-11(4-6-12)17(22)29/h2-6,9,13H,1,7-8,10H2,(H2,23,30)(H,24,28)(H,25,26)/t13-/m0/s1. The molecule has 1 aromatic carbocycles. The zero-order chi connectivity index (χ0) is 21.8. The number of nitrogens with two attached hydrogens (primary N) is 1. The summed E-state index contributed by atoms with van der Waals surface area (Å²) in [4.78, 5) is 40.7. The van der Waals surface area contributed by atoms with Crippen LogP contribution in [0.5, 0.6) is 0 Å². The van der Waals surface area contributed by atoms with Gasteiger partial charge in [-0.2, -0.15) is 0 Å². The number of primary amides is 1. The van der Waals surface area contributed by atoms with Crippen molar-refractivity contribution in [2.24, 2.45) is 5.73 Å². The van der Waals surface area contributed by atoms with Crippen LogP contribution in [0.2, 0.25) is 0 Å². The highest BCUT2D eigenvalue weighted by Crippen LogP contribution is 2.28. The molecular weight excluding hydrogens is 504 g/mol. The van der Waals surface area contributed by atoms with E-state index in [1.165, 1.54) is 6.08 Å². The van der Waals surface area contributed by atoms with Gasteiger partial charge in [0.25, 0.3) is 5.91 Å². The summed E-state index contributed by atoms with van der Waals surface area (Å²) in [5.41, 5.74) is 6.38. The number of nitrogens with one attached hydrogen (secondary N) is 2. The van der Waals surface area contributed by atoms with Crippen molar-refractivity contribution >= 4 is 55.5 Å². The average molecular weight is 523 g/mol. The third-order valence-corrected chi connectivity index (χ3v) is 5.24. The molecule has 4 N–H and O–H groups in total. The Kier molecular flexibility index (Phi) is 6.65. The largest absolute Gasteiger partial charge is 0.365 e. The number of benzene rings is 1. The average Bonchev–Trinajstić information content (AvgIpc) is 3.17. The first-order chi connectivity index (χ1) is 14.3. The van der Waals surface area contributed by atoms with Gasteiger partial charge in [-0.15, -0.1) is 0 Å². The smallest absolute Gasteiger partial charge is 0.252 e. The van der Waals surface area contributed by atoms with Crippen LogP contribution in [0.15, 0.2) is 43.0 Å². The van der Waals surface area contributed by atoms with E-state index >= 15 is 0 Å². The molecule has 1 saturated heterocycles. The van der Waals surface area contributed by atoms with Crippen molar-refractivity contribution < 1.29 is 18.8 Å². The molecule has 2 heterocycles. The molecule has 0 aliphatic carbocycles. The first kappa shape index (κ1) is 21.7. The van der Waals surface area contributed by atoms with Gasteiger partial charge >= 0.3 is 0 Å². The predicted octanol–water partition coefficient (Wildman–Crippen LogP) is 2.52. The van der Waals surface area contributed by atoms with Crippen LogP contribution in [0.4, 0.5) is 21.7 Å². The van der Waals surface area contributed by atoms with Crippen LogP contribution in [0.3, 0.4) is 0 Å². The first-order valence-electron chi connectivity index (χ1n) is 9.03. The lowest BCUT2D eigenvalue weighted by molar-refractivity contribution is -0.117. The topological polar surface area (TPSA) is 117 Å². The Hall–Kier alpha value is -3.02. The molecule has 2 aromatic rings. The van der Waals surface area contributed by atoms with E-state index in [9.17, 15) is 18.8 Å². The molecule has 0 saturated carbocycles. The zero-order valence-electron chi connectivity index (χ0n) is 15.8. The van der Waals surface area contributed by atoms with Crippen molar-refractivity contribution in [2.75, 3.05) is 23.3 Å². The maximum atomic E-state index is 14.7. The summed E-state index contributed by atoms with van der Waals surface area (Å²) in [6.07, 6.45) is 1.80. The van der Waals surface area contributed by atoms with Crippen LogP contribution in [0, 0.1) is 5.82 Å². The van der Waals surface area contributed by atoms with E-state index < -0.39 is 11.7 Å². The van der Waals surface area contributed by atoms with Crippen molar-refractivity contribution in [2.45, 2.75) is 12.5 Å². The lowest BCUT2D eigenvalue weighted by Gasteiger charge is -2.20. The Morgan fingerprint density at radius 3 is 2.60 bits per heavy atom. The Labute approximate surface area is 185 Å². The molecule has 0 radical (unpaired) electrons. The molecular formula is C20H19FIN5O3. The van der Waals surface area contributed by atoms with Crippen molar-refractivity contribution in [3.05, 3.63) is 59.9 Å². The van der Waals surface area contributed by atoms with E-state index in [1.54, 1.807) is 51.8 Å². The van der Waals surface area contributed by atoms with Gasteiger partial charge in [0.1, 0.15) is 5.82 Å². The minimum Gasteiger partial charge on any atom is -0.365 e. The third-order valence-electron chi connectivity index (χ3n) is 4.62. The molecule has 3 rings (SSSR count). The van der Waals surface area contributed by atoms with Gasteiger partial charge < -0.3 is 21.3 Å². The maximum absolute atomic E-state index is 14.7. The van der Waals surface area contributed by atoms with Crippen molar-refractivity contribution in [3.8, 4) is 0 Å². The van der Waals surface area contributed by atoms with Gasteiger partial charge in [0.15, 0.2) is 11.6 Å². The van der Waals surface area contributed by atoms with Gasteiger partial charge in [-0.25, -0.2) is 9.37 Å². The van der Waals surface area contributed by atoms with Crippen molar-refractivity contribution in [1.29, 1.82) is 0 Å². The number of hydrogen-bond donors (Lipinski definition) is 3. The molecule has 0 unspecified atom stereocenters. The maximum Gasteiger partial charge on any atom is 0.252 e. The molecule has 1 fully saturated rings. The summed E-state index contributed by atoms with van der Waals surface area (Å²) in [6, 6.07) is 7.43. The van der Waals surface area contributed by atoms with Crippen LogP contribution >= 0.6 is 22.6 Å². The molecule has 1 aliphatic heterocycles. The van der Waals surface area contributed by atoms with E-state index in [4.69, 9.17) is 5.73 Å². The number of hydrogen-bond acceptors (Lipinski definition) is 6. The summed E-state index contributed by atoms with van der Waals surface area (Å²) in [6.45, 7) is 4.26. The number of amides is 2. The first-order valence-corrected chi connectivity index (χ1v) is 10.1. The molecule has 8 nitrogen and oxygen atoms in total. The van der Waals surface area contributed by atoms with Gasteiger partial charge in [0.05, 0.1) is 5.56 Å². The van der Waals surface area contributed by atoms with Crippen LogP contribution in [-0.2, 0) is 4.79 Å². The monoisotopic (exact) mass is 523 g/mol. The number of aromatic nitrogens is 1. The van der Waals surface area contributed by atoms with E-state index in [2.05, 4.69) is 22.2 Å². The normalized spacial score (nSPS) is 15.5. The van der Waals surface area contributed by atoms with Crippen LogP contribution in [0.25, 0.3) is 0 Å². The van der Waals surface area contributed by atoms with Gasteiger partial charge in [-0.05, 0) is 42.8 Å². The molecule has 156 valence electrons. The molecule has 30 heavy (non-hydrogen) atoms. The minimum atomic E-state index is -0.827. The van der Waals surface area contributed by atoms with Gasteiger partial charge in [-0.1, -0.05) is 6.58 Å². The lowest BCUT2D eigenvalue weighted by atomic mass is 10.2. The quantitative estimate of drug-likeness (QED) is 0.292. The van der Waals surface area contributed by atoms with E-state index in [1.807, 2.05) is 0 Å². The molecule has 1 aromatic heterocycles. The zero-order valence-corrected chi connectivity index (χ0v) is 18.0. The molecule has 10 heteroatoms. The fourth-order valence-corrected chi connectivity index (χ4v) is 3.50. The van der Waals surface area contributed by atoms with Gasteiger partial charge in [0.2, 0.25) is 9.70 Å². The van der Waals surface area contributed by atoms with E-state index in [-0.39, 0.29) is 32.9 Å². The second-order valence-electron chi connectivity index (χ2n) is 6.67. The van der Waals surface area contributed by atoms with E-state index in [0.717, 1.165) is 6.07 Å². The molecule has 2 amide bonds. The third kappa shape index (κ3) is 4.93. The Morgan fingerprint density at radius 1 is 1.30 bits per heavy atom.